The van der Waals surface area contributed by atoms with Gasteiger partial charge in [-0.25, -0.2) is 9.59 Å². The summed E-state index contributed by atoms with van der Waals surface area (Å²) in [6.07, 6.45) is -4.66. The fourth-order valence-corrected chi connectivity index (χ4v) is 6.57. The lowest BCUT2D eigenvalue weighted by molar-refractivity contribution is -0.168. The normalized spacial score (nSPS) is 27.0. The SMILES string of the molecule is CC[C@]12c3c4ccc(O)c3O[C@H]1C(OC(=O)C[C@H](CC(=O)C[C@H](O)C(=O)O)C(=O)O[C@@H](C)C(=O)O)=CC[C@@]2(O)[C@H](NC)C4. The maximum absolute atomic E-state index is 13.2. The number of aromatic hydroxyl groups is 1. The predicted octanol–water partition coefficient (Wildman–Crippen LogP) is 0.324. The van der Waals surface area contributed by atoms with Crippen LogP contribution in [0.5, 0.6) is 11.5 Å². The first-order valence-electron chi connectivity index (χ1n) is 13.9. The van der Waals surface area contributed by atoms with E-state index in [0.717, 1.165) is 12.5 Å². The van der Waals surface area contributed by atoms with Crippen molar-refractivity contribution in [3.63, 3.8) is 0 Å². The summed E-state index contributed by atoms with van der Waals surface area (Å²) < 4.78 is 16.7. The van der Waals surface area contributed by atoms with E-state index in [1.54, 1.807) is 13.1 Å². The maximum atomic E-state index is 13.2. The Morgan fingerprint density at radius 2 is 1.81 bits per heavy atom. The van der Waals surface area contributed by atoms with Gasteiger partial charge < -0.3 is 45.1 Å². The van der Waals surface area contributed by atoms with Crippen molar-refractivity contribution in [3.05, 3.63) is 35.1 Å². The molecule has 0 aromatic heterocycles. The number of aliphatic carboxylic acids is 2. The monoisotopic (exact) mass is 605 g/mol. The summed E-state index contributed by atoms with van der Waals surface area (Å²) in [6, 6.07) is 2.85. The molecule has 1 heterocycles. The van der Waals surface area contributed by atoms with Crippen LogP contribution in [-0.2, 0) is 45.3 Å². The van der Waals surface area contributed by atoms with Crippen molar-refractivity contribution >= 4 is 29.7 Å². The van der Waals surface area contributed by atoms with Crippen molar-refractivity contribution in [2.24, 2.45) is 5.92 Å². The Labute approximate surface area is 246 Å². The van der Waals surface area contributed by atoms with Gasteiger partial charge in [-0.1, -0.05) is 13.0 Å². The molecule has 14 nitrogen and oxygen atoms in total. The van der Waals surface area contributed by atoms with Crippen molar-refractivity contribution in [2.75, 3.05) is 7.05 Å². The minimum Gasteiger partial charge on any atom is -0.504 e. The average Bonchev–Trinajstić information content (AvgIpc) is 3.32. The van der Waals surface area contributed by atoms with Crippen LogP contribution in [0.3, 0.4) is 0 Å². The molecule has 0 saturated carbocycles. The topological polar surface area (TPSA) is 226 Å². The fourth-order valence-electron chi connectivity index (χ4n) is 6.57. The van der Waals surface area contributed by atoms with Crippen LogP contribution in [0.1, 0.15) is 57.1 Å². The smallest absolute Gasteiger partial charge is 0.344 e. The number of carboxylic acid groups (broad SMARTS) is 2. The number of likely N-dealkylation sites (N-methyl/N-ethyl adjacent to an activating group) is 1. The van der Waals surface area contributed by atoms with E-state index in [9.17, 15) is 39.3 Å². The third-order valence-electron chi connectivity index (χ3n) is 8.70. The van der Waals surface area contributed by atoms with Crippen LogP contribution >= 0.6 is 0 Å². The van der Waals surface area contributed by atoms with Gasteiger partial charge in [0.2, 0.25) is 0 Å². The predicted molar refractivity (Wildman–Crippen MR) is 144 cm³/mol. The second-order valence-electron chi connectivity index (χ2n) is 11.1. The summed E-state index contributed by atoms with van der Waals surface area (Å²) >= 11 is 0. The quantitative estimate of drug-likeness (QED) is 0.167. The molecule has 0 bridgehead atoms. The summed E-state index contributed by atoms with van der Waals surface area (Å²) in [6.45, 7) is 2.92. The zero-order chi connectivity index (χ0) is 31.9. The van der Waals surface area contributed by atoms with Gasteiger partial charge in [-0.15, -0.1) is 0 Å². The number of nitrogens with one attached hydrogen (secondary N) is 1. The summed E-state index contributed by atoms with van der Waals surface area (Å²) in [5, 5.41) is 53.5. The highest BCUT2D eigenvalue weighted by Crippen LogP contribution is 2.63. The minimum absolute atomic E-state index is 0.0217. The number of phenols is 1. The molecular formula is C29H35NO13. The number of carbonyl (C=O) groups excluding carboxylic acids is 3. The third kappa shape index (κ3) is 5.45. The number of carboxylic acids is 2. The van der Waals surface area contributed by atoms with Crippen molar-refractivity contribution in [1.82, 2.24) is 5.32 Å². The highest BCUT2D eigenvalue weighted by molar-refractivity contribution is 5.90. The third-order valence-corrected chi connectivity index (χ3v) is 8.70. The first-order chi connectivity index (χ1) is 20.2. The number of ketones is 1. The molecule has 3 aliphatic rings. The molecular weight excluding hydrogens is 570 g/mol. The lowest BCUT2D eigenvalue weighted by Crippen LogP contribution is -2.70. The van der Waals surface area contributed by atoms with Gasteiger partial charge in [0, 0.05) is 30.9 Å². The van der Waals surface area contributed by atoms with Gasteiger partial charge in [0.05, 0.1) is 23.4 Å². The number of rotatable bonds is 13. The van der Waals surface area contributed by atoms with Crippen LogP contribution in [0.15, 0.2) is 24.0 Å². The molecule has 0 radical (unpaired) electrons. The Bertz CT molecular complexity index is 1370. The second-order valence-corrected chi connectivity index (χ2v) is 11.1. The number of ether oxygens (including phenoxy) is 3. The van der Waals surface area contributed by atoms with Crippen LogP contribution in [0.25, 0.3) is 0 Å². The highest BCUT2D eigenvalue weighted by atomic mass is 16.6. The van der Waals surface area contributed by atoms with Crippen LogP contribution < -0.4 is 10.1 Å². The number of hydrogen-bond acceptors (Lipinski definition) is 12. The molecule has 0 saturated heterocycles. The van der Waals surface area contributed by atoms with Crippen LogP contribution in [-0.4, -0.2) is 92.2 Å². The summed E-state index contributed by atoms with van der Waals surface area (Å²) in [5.41, 5.74) is -1.03. The van der Waals surface area contributed by atoms with E-state index in [1.807, 2.05) is 6.92 Å². The Kier molecular flexibility index (Phi) is 8.86. The first-order valence-corrected chi connectivity index (χ1v) is 13.9. The summed E-state index contributed by atoms with van der Waals surface area (Å²) in [4.78, 5) is 60.6. The number of hydrogen-bond donors (Lipinski definition) is 6. The number of aliphatic hydroxyl groups is 2. The standard InChI is InChI=1S/C29H35NO13/c1-4-28-22-14-5-6-17(32)23(22)43-24(28)19(7-8-29(28,40)20(10-14)30-3)42-21(34)11-15(27(39)41-13(2)25(35)36)9-16(31)12-18(33)26(37)38/h5-7,13,15,18,20,24,30,32-33,40H,4,8-12H2,1-3H3,(H,35,36)(H,37,38)/t13-,15-,18-,20+,24-,28-,29+/m0/s1. The largest absolute Gasteiger partial charge is 0.504 e. The van der Waals surface area contributed by atoms with Gasteiger partial charge in [0.15, 0.2) is 29.8 Å². The van der Waals surface area contributed by atoms with Crippen LogP contribution in [0.2, 0.25) is 0 Å². The molecule has 0 spiro atoms. The molecule has 1 aromatic rings. The van der Waals surface area contributed by atoms with Gasteiger partial charge in [0.25, 0.3) is 0 Å². The number of aliphatic hydroxyl groups excluding tert-OH is 1. The molecule has 1 aliphatic heterocycles. The highest BCUT2D eigenvalue weighted by Gasteiger charge is 2.69. The molecule has 0 unspecified atom stereocenters. The molecule has 7 atom stereocenters. The van der Waals surface area contributed by atoms with E-state index in [2.05, 4.69) is 5.32 Å². The average molecular weight is 606 g/mol. The summed E-state index contributed by atoms with van der Waals surface area (Å²) in [7, 11) is 1.73. The number of benzene rings is 1. The van der Waals surface area contributed by atoms with E-state index in [1.165, 1.54) is 12.1 Å². The molecule has 1 aromatic carbocycles. The van der Waals surface area contributed by atoms with Gasteiger partial charge >= 0.3 is 23.9 Å². The fraction of sp³-hybridized carbons (Fsp3) is 0.552. The zero-order valence-corrected chi connectivity index (χ0v) is 23.9. The Morgan fingerprint density at radius 1 is 1.12 bits per heavy atom. The number of phenolic OH excluding ortho intramolecular Hbond substituents is 1. The van der Waals surface area contributed by atoms with E-state index >= 15 is 0 Å². The molecule has 14 heteroatoms. The van der Waals surface area contributed by atoms with Crippen LogP contribution in [0, 0.1) is 5.92 Å². The number of esters is 2. The van der Waals surface area contributed by atoms with Gasteiger partial charge in [0.1, 0.15) is 11.5 Å². The van der Waals surface area contributed by atoms with Gasteiger partial charge in [-0.3, -0.25) is 14.4 Å². The van der Waals surface area contributed by atoms with E-state index in [4.69, 9.17) is 24.4 Å². The van der Waals surface area contributed by atoms with E-state index in [-0.39, 0.29) is 23.7 Å². The van der Waals surface area contributed by atoms with Crippen molar-refractivity contribution in [1.29, 1.82) is 0 Å². The Hall–Kier alpha value is -4.01. The zero-order valence-electron chi connectivity index (χ0n) is 23.9. The minimum atomic E-state index is -2.04. The van der Waals surface area contributed by atoms with Crippen LogP contribution in [0.4, 0.5) is 0 Å². The number of Topliss-reactive ketones (excluding diaryl/α,β-unsaturated/α-hetero) is 1. The second kappa shape index (κ2) is 11.9. The Balaban J connectivity index is 1.61. The molecule has 4 rings (SSSR count). The molecule has 0 amide bonds. The first kappa shape index (κ1) is 31.9. The van der Waals surface area contributed by atoms with Gasteiger partial charge in [-0.2, -0.15) is 0 Å². The molecule has 0 fully saturated rings. The Morgan fingerprint density at radius 3 is 2.42 bits per heavy atom. The van der Waals surface area contributed by atoms with E-state index < -0.39 is 90.2 Å². The van der Waals surface area contributed by atoms with E-state index in [0.29, 0.717) is 18.4 Å². The summed E-state index contributed by atoms with van der Waals surface area (Å²) in [5.74, 6) is -7.72. The molecule has 43 heavy (non-hydrogen) atoms. The lowest BCUT2D eigenvalue weighted by atomic mass is 9.52. The van der Waals surface area contributed by atoms with Crippen molar-refractivity contribution < 1.29 is 63.7 Å². The molecule has 234 valence electrons. The van der Waals surface area contributed by atoms with Crippen molar-refractivity contribution in [2.45, 2.75) is 87.7 Å². The molecule has 2 aliphatic carbocycles. The maximum Gasteiger partial charge on any atom is 0.344 e. The number of carbonyl (C=O) groups is 5. The lowest BCUT2D eigenvalue weighted by Gasteiger charge is -2.56. The molecule has 6 N–H and O–H groups in total. The van der Waals surface area contributed by atoms with Crippen molar-refractivity contribution in [3.8, 4) is 11.5 Å². The van der Waals surface area contributed by atoms with Gasteiger partial charge in [-0.05, 0) is 44.5 Å².